The number of hydrogen-bond acceptors (Lipinski definition) is 7. The van der Waals surface area contributed by atoms with Crippen molar-refractivity contribution in [1.82, 2.24) is 20.9 Å². The van der Waals surface area contributed by atoms with E-state index < -0.39 is 12.3 Å². The van der Waals surface area contributed by atoms with Gasteiger partial charge in [-0.25, -0.2) is 4.98 Å². The van der Waals surface area contributed by atoms with Gasteiger partial charge in [-0.15, -0.1) is 11.3 Å². The molecule has 0 aliphatic carbocycles. The van der Waals surface area contributed by atoms with Gasteiger partial charge in [0.15, 0.2) is 0 Å². The smallest absolute Gasteiger partial charge is 0.237 e. The third kappa shape index (κ3) is 6.13. The summed E-state index contributed by atoms with van der Waals surface area (Å²) in [4.78, 5) is 17.8. The van der Waals surface area contributed by atoms with Gasteiger partial charge in [-0.1, -0.05) is 17.7 Å². The zero-order chi connectivity index (χ0) is 21.0. The Balaban J connectivity index is 1.43. The summed E-state index contributed by atoms with van der Waals surface area (Å²) in [5.41, 5.74) is 7.35. The number of carbonyl (C=O) groups excluding carboxylic acids is 1. The molecule has 0 radical (unpaired) electrons. The highest BCUT2D eigenvalue weighted by molar-refractivity contribution is 7.10. The van der Waals surface area contributed by atoms with Crippen LogP contribution in [0.5, 0.6) is 0 Å². The van der Waals surface area contributed by atoms with Crippen LogP contribution in [0.1, 0.15) is 29.5 Å². The maximum Gasteiger partial charge on any atom is 0.237 e. The molecule has 1 amide bonds. The van der Waals surface area contributed by atoms with Crippen LogP contribution in [0.2, 0.25) is 5.02 Å². The van der Waals surface area contributed by atoms with Gasteiger partial charge < -0.3 is 21.5 Å². The van der Waals surface area contributed by atoms with Crippen LogP contribution in [0.25, 0.3) is 0 Å². The van der Waals surface area contributed by atoms with Crippen molar-refractivity contribution >= 4 is 34.7 Å². The zero-order valence-electron chi connectivity index (χ0n) is 16.6. The molecule has 4 atom stereocenters. The molecule has 0 spiro atoms. The van der Waals surface area contributed by atoms with E-state index in [2.05, 4.69) is 20.9 Å². The van der Waals surface area contributed by atoms with Gasteiger partial charge in [-0.2, -0.15) is 0 Å². The highest BCUT2D eigenvalue weighted by Crippen LogP contribution is 2.26. The van der Waals surface area contributed by atoms with Crippen molar-refractivity contribution in [2.45, 2.75) is 51.5 Å². The van der Waals surface area contributed by atoms with E-state index >= 15 is 0 Å². The van der Waals surface area contributed by atoms with Crippen molar-refractivity contribution in [2.24, 2.45) is 5.92 Å². The summed E-state index contributed by atoms with van der Waals surface area (Å²) in [6, 6.07) is 4.96. The Bertz CT molecular complexity index is 846. The highest BCUT2D eigenvalue weighted by atomic mass is 35.5. The van der Waals surface area contributed by atoms with E-state index in [9.17, 15) is 9.90 Å². The molecule has 0 aromatic carbocycles. The quantitative estimate of drug-likeness (QED) is 0.403. The Morgan fingerprint density at radius 1 is 1.52 bits per heavy atom. The minimum atomic E-state index is -0.799. The van der Waals surface area contributed by atoms with Crippen LogP contribution in [-0.4, -0.2) is 40.9 Å². The fourth-order valence-corrected chi connectivity index (χ4v) is 4.75. The number of nitrogens with one attached hydrogen (secondary N) is 3. The molecule has 6 N–H and O–H groups in total. The first kappa shape index (κ1) is 22.0. The second-order valence-corrected chi connectivity index (χ2v) is 9.02. The molecule has 2 aromatic rings. The minimum Gasteiger partial charge on any atom is -0.384 e. The molecule has 7 nitrogen and oxygen atoms in total. The summed E-state index contributed by atoms with van der Waals surface area (Å²) in [5.74, 6) is 0.722. The number of halogens is 1. The maximum absolute atomic E-state index is 12.4. The lowest BCUT2D eigenvalue weighted by molar-refractivity contribution is -0.124. The predicted molar refractivity (Wildman–Crippen MR) is 117 cm³/mol. The fraction of sp³-hybridized carbons (Fsp3) is 0.500. The van der Waals surface area contributed by atoms with Crippen LogP contribution in [0.15, 0.2) is 23.6 Å². The standard InChI is InChI=1S/C20H28ClN5O2S/c1-11-14(3-4-18(22)25-11)9-24-19(27)12(2)26-20(28)17-6-13(8-23-17)5-16-7-15(21)10-29-16/h3-4,7,10,12-13,17,20,23,26,28H,5-6,8-9H2,1-2H3,(H2,22,25)(H,24,27)/t12-,13-,17+,20?/m0/s1. The van der Waals surface area contributed by atoms with E-state index in [-0.39, 0.29) is 11.9 Å². The van der Waals surface area contributed by atoms with Crippen molar-refractivity contribution in [3.63, 3.8) is 0 Å². The van der Waals surface area contributed by atoms with Gasteiger partial charge in [0.1, 0.15) is 12.0 Å². The molecule has 0 bridgehead atoms. The summed E-state index contributed by atoms with van der Waals surface area (Å²) >= 11 is 7.65. The molecule has 1 saturated heterocycles. The number of nitrogens with two attached hydrogens (primary N) is 1. The third-order valence-corrected chi connectivity index (χ3v) is 6.54. The van der Waals surface area contributed by atoms with Gasteiger partial charge >= 0.3 is 0 Å². The number of aliphatic hydroxyl groups excluding tert-OH is 1. The summed E-state index contributed by atoms with van der Waals surface area (Å²) in [6.07, 6.45) is 0.986. The van der Waals surface area contributed by atoms with Crippen molar-refractivity contribution in [2.75, 3.05) is 12.3 Å². The van der Waals surface area contributed by atoms with Crippen LogP contribution >= 0.6 is 22.9 Å². The van der Waals surface area contributed by atoms with E-state index in [0.717, 1.165) is 35.7 Å². The number of pyridine rings is 1. The maximum atomic E-state index is 12.4. The average molecular weight is 438 g/mol. The summed E-state index contributed by atoms with van der Waals surface area (Å²) < 4.78 is 0. The van der Waals surface area contributed by atoms with E-state index in [1.165, 1.54) is 4.88 Å². The third-order valence-electron chi connectivity index (χ3n) is 5.23. The zero-order valence-corrected chi connectivity index (χ0v) is 18.2. The average Bonchev–Trinajstić information content (AvgIpc) is 3.30. The summed E-state index contributed by atoms with van der Waals surface area (Å²) in [6.45, 7) is 4.80. The number of aromatic nitrogens is 1. The molecular weight excluding hydrogens is 410 g/mol. The molecule has 1 aliphatic heterocycles. The second kappa shape index (κ2) is 9.86. The lowest BCUT2D eigenvalue weighted by atomic mass is 10.00. The molecule has 9 heteroatoms. The van der Waals surface area contributed by atoms with E-state index in [1.807, 2.05) is 24.4 Å². The molecule has 3 rings (SSSR count). The number of nitrogen functional groups attached to an aromatic ring is 1. The predicted octanol–water partition coefficient (Wildman–Crippen LogP) is 1.82. The Hall–Kier alpha value is -1.71. The minimum absolute atomic E-state index is 0.0887. The first-order valence-corrected chi connectivity index (χ1v) is 11.0. The Kier molecular flexibility index (Phi) is 7.48. The number of anilines is 1. The number of amides is 1. The van der Waals surface area contributed by atoms with Crippen LogP contribution in [0.3, 0.4) is 0 Å². The molecule has 158 valence electrons. The molecule has 1 aliphatic rings. The second-order valence-electron chi connectivity index (χ2n) is 7.58. The monoisotopic (exact) mass is 437 g/mol. The van der Waals surface area contributed by atoms with E-state index in [0.29, 0.717) is 18.3 Å². The first-order chi connectivity index (χ1) is 13.8. The number of nitrogens with zero attached hydrogens (tertiary/aromatic N) is 1. The van der Waals surface area contributed by atoms with Crippen LogP contribution in [0.4, 0.5) is 5.82 Å². The normalized spacial score (nSPS) is 21.1. The van der Waals surface area contributed by atoms with Gasteiger partial charge in [-0.3, -0.25) is 10.1 Å². The van der Waals surface area contributed by atoms with E-state index in [4.69, 9.17) is 17.3 Å². The van der Waals surface area contributed by atoms with E-state index in [1.54, 1.807) is 24.3 Å². The largest absolute Gasteiger partial charge is 0.384 e. The molecular formula is C20H28ClN5O2S. The molecule has 2 aromatic heterocycles. The van der Waals surface area contributed by atoms with Gasteiger partial charge in [0.25, 0.3) is 0 Å². The summed E-state index contributed by atoms with van der Waals surface area (Å²) in [5, 5.41) is 22.5. The van der Waals surface area contributed by atoms with Gasteiger partial charge in [-0.05, 0) is 56.8 Å². The topological polar surface area (TPSA) is 112 Å². The number of aliphatic hydroxyl groups is 1. The number of aryl methyl sites for hydroxylation is 1. The molecule has 29 heavy (non-hydrogen) atoms. The number of rotatable bonds is 8. The van der Waals surface area contributed by atoms with Gasteiger partial charge in [0, 0.05) is 28.5 Å². The van der Waals surface area contributed by atoms with Crippen molar-refractivity contribution in [3.8, 4) is 0 Å². The number of thiophene rings is 1. The van der Waals surface area contributed by atoms with Crippen molar-refractivity contribution < 1.29 is 9.90 Å². The van der Waals surface area contributed by atoms with Gasteiger partial charge in [0.2, 0.25) is 5.91 Å². The van der Waals surface area contributed by atoms with Gasteiger partial charge in [0.05, 0.1) is 11.1 Å². The molecule has 1 unspecified atom stereocenters. The first-order valence-electron chi connectivity index (χ1n) is 9.72. The molecule has 0 saturated carbocycles. The van der Waals surface area contributed by atoms with Crippen LogP contribution < -0.4 is 21.7 Å². The Labute approximate surface area is 180 Å². The number of hydrogen-bond donors (Lipinski definition) is 5. The molecule has 3 heterocycles. The van der Waals surface area contributed by atoms with Crippen LogP contribution in [-0.2, 0) is 17.8 Å². The number of carbonyl (C=O) groups is 1. The molecule has 1 fully saturated rings. The lowest BCUT2D eigenvalue weighted by Crippen LogP contribution is -2.52. The SMILES string of the molecule is Cc1nc(N)ccc1CNC(=O)[C@H](C)NC(O)[C@H]1C[C@H](Cc2cc(Cl)cs2)CN1. The highest BCUT2D eigenvalue weighted by Gasteiger charge is 2.31. The van der Waals surface area contributed by atoms with Crippen molar-refractivity contribution in [3.05, 3.63) is 44.7 Å². The fourth-order valence-electron chi connectivity index (χ4n) is 3.56. The lowest BCUT2D eigenvalue weighted by Gasteiger charge is -2.23. The Morgan fingerprint density at radius 3 is 3.00 bits per heavy atom. The van der Waals surface area contributed by atoms with Crippen molar-refractivity contribution in [1.29, 1.82) is 0 Å². The Morgan fingerprint density at radius 2 is 2.31 bits per heavy atom. The summed E-state index contributed by atoms with van der Waals surface area (Å²) in [7, 11) is 0. The van der Waals surface area contributed by atoms with Crippen LogP contribution in [0, 0.1) is 12.8 Å².